The van der Waals surface area contributed by atoms with Crippen molar-refractivity contribution in [2.45, 2.75) is 11.2 Å². The van der Waals surface area contributed by atoms with E-state index < -0.39 is 0 Å². The second-order valence-corrected chi connectivity index (χ2v) is 4.69. The lowest BCUT2D eigenvalue weighted by Gasteiger charge is -2.12. The van der Waals surface area contributed by atoms with Gasteiger partial charge in [-0.15, -0.1) is 11.8 Å². The van der Waals surface area contributed by atoms with Crippen LogP contribution in [0.15, 0.2) is 27.6 Å². The Morgan fingerprint density at radius 3 is 2.71 bits per heavy atom. The Bertz CT molecular complexity index is 324. The number of benzene rings is 1. The molecule has 1 aliphatic rings. The summed E-state index contributed by atoms with van der Waals surface area (Å²) in [6.07, 6.45) is 1.86. The molecule has 0 spiro atoms. The van der Waals surface area contributed by atoms with Crippen molar-refractivity contribution >= 4 is 27.7 Å². The zero-order chi connectivity index (χ0) is 9.97. The van der Waals surface area contributed by atoms with Gasteiger partial charge in [-0.1, -0.05) is 15.9 Å². The summed E-state index contributed by atoms with van der Waals surface area (Å²) in [6.45, 7) is 1.36. The van der Waals surface area contributed by atoms with Gasteiger partial charge in [0.25, 0.3) is 0 Å². The average molecular weight is 275 g/mol. The van der Waals surface area contributed by atoms with Crippen LogP contribution in [0.5, 0.6) is 0 Å². The Kier molecular flexibility index (Phi) is 3.49. The molecule has 1 aromatic carbocycles. The normalized spacial score (nSPS) is 17.6. The molecule has 0 atom stereocenters. The minimum absolute atomic E-state index is 0.198. The van der Waals surface area contributed by atoms with Crippen molar-refractivity contribution in [3.05, 3.63) is 28.2 Å². The van der Waals surface area contributed by atoms with Gasteiger partial charge in [-0.3, -0.25) is 0 Å². The van der Waals surface area contributed by atoms with Gasteiger partial charge in [-0.05, 0) is 24.5 Å². The van der Waals surface area contributed by atoms with Crippen molar-refractivity contribution in [1.82, 2.24) is 0 Å². The first-order valence-electron chi connectivity index (χ1n) is 4.38. The number of halogens is 1. The Labute approximate surface area is 96.1 Å². The third-order valence-electron chi connectivity index (χ3n) is 2.08. The smallest absolute Gasteiger partial charge is 0.185 e. The van der Waals surface area contributed by atoms with Gasteiger partial charge >= 0.3 is 0 Å². The quantitative estimate of drug-likeness (QED) is 0.772. The van der Waals surface area contributed by atoms with Crippen LogP contribution in [0, 0.1) is 0 Å². The lowest BCUT2D eigenvalue weighted by molar-refractivity contribution is -0.0447. The maximum absolute atomic E-state index is 5.46. The van der Waals surface area contributed by atoms with E-state index in [1.165, 1.54) is 4.90 Å². The fraction of sp³-hybridized carbons (Fsp3) is 0.400. The van der Waals surface area contributed by atoms with Gasteiger partial charge in [-0.2, -0.15) is 0 Å². The molecule has 0 amide bonds. The van der Waals surface area contributed by atoms with Crippen LogP contribution in [-0.4, -0.2) is 19.5 Å². The fourth-order valence-corrected chi connectivity index (χ4v) is 2.25. The highest BCUT2D eigenvalue weighted by Crippen LogP contribution is 2.32. The molecule has 2 nitrogen and oxygen atoms in total. The standard InChI is InChI=1S/C10H11BrO2S/c1-14-7-2-3-9(11)8(6-7)10-12-4-5-13-10/h2-3,6,10H,4-5H2,1H3. The van der Waals surface area contributed by atoms with Gasteiger partial charge in [-0.25, -0.2) is 0 Å². The molecule has 0 radical (unpaired) electrons. The Morgan fingerprint density at radius 1 is 1.36 bits per heavy atom. The summed E-state index contributed by atoms with van der Waals surface area (Å²) >= 11 is 5.22. The van der Waals surface area contributed by atoms with Crippen molar-refractivity contribution < 1.29 is 9.47 Å². The van der Waals surface area contributed by atoms with Crippen LogP contribution < -0.4 is 0 Å². The predicted octanol–water partition coefficient (Wildman–Crippen LogP) is 3.22. The molecule has 4 heteroatoms. The van der Waals surface area contributed by atoms with Crippen molar-refractivity contribution in [2.24, 2.45) is 0 Å². The molecule has 1 heterocycles. The number of hydrogen-bond acceptors (Lipinski definition) is 3. The summed E-state index contributed by atoms with van der Waals surface area (Å²) in [4.78, 5) is 1.22. The largest absolute Gasteiger partial charge is 0.346 e. The van der Waals surface area contributed by atoms with E-state index in [2.05, 4.69) is 34.3 Å². The lowest BCUT2D eigenvalue weighted by atomic mass is 10.2. The summed E-state index contributed by atoms with van der Waals surface area (Å²) in [5, 5.41) is 0. The minimum Gasteiger partial charge on any atom is -0.346 e. The first kappa shape index (κ1) is 10.5. The third kappa shape index (κ3) is 2.14. The Balaban J connectivity index is 2.29. The summed E-state index contributed by atoms with van der Waals surface area (Å²) in [7, 11) is 0. The van der Waals surface area contributed by atoms with Crippen molar-refractivity contribution in [2.75, 3.05) is 19.5 Å². The second kappa shape index (κ2) is 4.66. The highest BCUT2D eigenvalue weighted by atomic mass is 79.9. The summed E-state index contributed by atoms with van der Waals surface area (Å²) in [6, 6.07) is 6.21. The monoisotopic (exact) mass is 274 g/mol. The molecule has 1 aliphatic heterocycles. The van der Waals surface area contributed by atoms with Crippen LogP contribution in [0.25, 0.3) is 0 Å². The third-order valence-corrected chi connectivity index (χ3v) is 3.53. The second-order valence-electron chi connectivity index (χ2n) is 2.96. The Morgan fingerprint density at radius 2 is 2.07 bits per heavy atom. The minimum atomic E-state index is -0.198. The topological polar surface area (TPSA) is 18.5 Å². The zero-order valence-corrected chi connectivity index (χ0v) is 10.2. The van der Waals surface area contributed by atoms with E-state index >= 15 is 0 Å². The first-order chi connectivity index (χ1) is 6.81. The van der Waals surface area contributed by atoms with Crippen LogP contribution in [0.3, 0.4) is 0 Å². The predicted molar refractivity (Wildman–Crippen MR) is 60.6 cm³/mol. The van der Waals surface area contributed by atoms with Gasteiger partial charge in [0.2, 0.25) is 0 Å². The maximum atomic E-state index is 5.46. The van der Waals surface area contributed by atoms with Crippen LogP contribution in [0.2, 0.25) is 0 Å². The van der Waals surface area contributed by atoms with E-state index in [1.54, 1.807) is 11.8 Å². The van der Waals surface area contributed by atoms with Crippen LogP contribution in [0.1, 0.15) is 11.9 Å². The van der Waals surface area contributed by atoms with Gasteiger partial charge in [0, 0.05) is 14.9 Å². The van der Waals surface area contributed by atoms with Crippen LogP contribution >= 0.6 is 27.7 Å². The fourth-order valence-electron chi connectivity index (χ4n) is 1.37. The SMILES string of the molecule is CSc1ccc(Br)c(C2OCCO2)c1. The molecule has 0 N–H and O–H groups in total. The number of rotatable bonds is 2. The molecular formula is C10H11BrO2S. The molecule has 76 valence electrons. The molecule has 14 heavy (non-hydrogen) atoms. The molecule has 2 rings (SSSR count). The molecule has 1 saturated heterocycles. The molecule has 0 saturated carbocycles. The molecule has 0 bridgehead atoms. The van der Waals surface area contributed by atoms with Crippen molar-refractivity contribution in [3.63, 3.8) is 0 Å². The van der Waals surface area contributed by atoms with E-state index in [9.17, 15) is 0 Å². The number of ether oxygens (including phenoxy) is 2. The van der Waals surface area contributed by atoms with Gasteiger partial charge in [0.1, 0.15) is 0 Å². The first-order valence-corrected chi connectivity index (χ1v) is 6.39. The van der Waals surface area contributed by atoms with Crippen LogP contribution in [0.4, 0.5) is 0 Å². The summed E-state index contributed by atoms with van der Waals surface area (Å²) in [5.74, 6) is 0. The Hall–Kier alpha value is -0.0300. The summed E-state index contributed by atoms with van der Waals surface area (Å²) < 4.78 is 12.0. The molecule has 1 aromatic rings. The highest BCUT2D eigenvalue weighted by molar-refractivity contribution is 9.10. The maximum Gasteiger partial charge on any atom is 0.185 e. The lowest BCUT2D eigenvalue weighted by Crippen LogP contribution is -1.99. The molecule has 0 unspecified atom stereocenters. The van der Waals surface area contributed by atoms with E-state index in [1.807, 2.05) is 6.07 Å². The molecule has 0 aliphatic carbocycles. The molecular weight excluding hydrogens is 264 g/mol. The number of hydrogen-bond donors (Lipinski definition) is 0. The van der Waals surface area contributed by atoms with Gasteiger partial charge in [0.05, 0.1) is 13.2 Å². The van der Waals surface area contributed by atoms with Gasteiger partial charge in [0.15, 0.2) is 6.29 Å². The summed E-state index contributed by atoms with van der Waals surface area (Å²) in [5.41, 5.74) is 1.08. The zero-order valence-electron chi connectivity index (χ0n) is 7.83. The van der Waals surface area contributed by atoms with E-state index in [0.717, 1.165) is 10.0 Å². The number of thioether (sulfide) groups is 1. The van der Waals surface area contributed by atoms with E-state index in [4.69, 9.17) is 9.47 Å². The molecule has 1 fully saturated rings. The van der Waals surface area contributed by atoms with E-state index in [0.29, 0.717) is 13.2 Å². The van der Waals surface area contributed by atoms with Crippen LogP contribution in [-0.2, 0) is 9.47 Å². The van der Waals surface area contributed by atoms with Gasteiger partial charge < -0.3 is 9.47 Å². The molecule has 0 aromatic heterocycles. The van der Waals surface area contributed by atoms with Crippen molar-refractivity contribution in [1.29, 1.82) is 0 Å². The average Bonchev–Trinajstić information content (AvgIpc) is 2.71. The highest BCUT2D eigenvalue weighted by Gasteiger charge is 2.20. The van der Waals surface area contributed by atoms with Crippen molar-refractivity contribution in [3.8, 4) is 0 Å². The van der Waals surface area contributed by atoms with E-state index in [-0.39, 0.29) is 6.29 Å².